The second-order valence-corrected chi connectivity index (χ2v) is 11.0. The second kappa shape index (κ2) is 15.6. The number of nitrogens with zero attached hydrogens (tertiary/aromatic N) is 6. The number of carbonyl (C=O) groups is 2. The third-order valence-corrected chi connectivity index (χ3v) is 7.95. The number of unbranched alkanes of at least 4 members (excludes halogenated alkanes) is 10. The Balaban J connectivity index is 1.13. The lowest BCUT2D eigenvalue weighted by molar-refractivity contribution is -0.131. The van der Waals surface area contributed by atoms with Gasteiger partial charge < -0.3 is 14.5 Å². The predicted molar refractivity (Wildman–Crippen MR) is 154 cm³/mol. The van der Waals surface area contributed by atoms with Crippen LogP contribution in [-0.4, -0.2) is 70.7 Å². The van der Waals surface area contributed by atoms with E-state index in [9.17, 15) is 9.59 Å². The zero-order valence-electron chi connectivity index (χ0n) is 24.0. The Morgan fingerprint density at radius 2 is 1.65 bits per heavy atom. The molecular formula is C30H45FN6O3. The first-order valence-electron chi connectivity index (χ1n) is 15.2. The summed E-state index contributed by atoms with van der Waals surface area (Å²) in [5.74, 6) is -0.176. The summed E-state index contributed by atoms with van der Waals surface area (Å²) in [5.41, 5.74) is 0.959. The van der Waals surface area contributed by atoms with Crippen LogP contribution in [0, 0.1) is 5.82 Å². The van der Waals surface area contributed by atoms with Gasteiger partial charge in [0.2, 0.25) is 5.91 Å². The number of hydrogen-bond acceptors (Lipinski definition) is 6. The lowest BCUT2D eigenvalue weighted by Gasteiger charge is -2.36. The minimum atomic E-state index is -0.498. The van der Waals surface area contributed by atoms with Crippen LogP contribution in [0.25, 0.3) is 0 Å². The summed E-state index contributed by atoms with van der Waals surface area (Å²) in [6.45, 7) is 5.34. The summed E-state index contributed by atoms with van der Waals surface area (Å²) >= 11 is 0. The number of cyclic esters (lactones) is 1. The van der Waals surface area contributed by atoms with Crippen LogP contribution in [0.2, 0.25) is 0 Å². The number of hydrogen-bond donors (Lipinski definition) is 0. The molecule has 2 aromatic rings. The average Bonchev–Trinajstić information content (AvgIpc) is 3.61. The van der Waals surface area contributed by atoms with Crippen LogP contribution in [0.5, 0.6) is 0 Å². The second-order valence-electron chi connectivity index (χ2n) is 11.0. The fourth-order valence-electron chi connectivity index (χ4n) is 5.58. The van der Waals surface area contributed by atoms with E-state index in [0.29, 0.717) is 57.1 Å². The van der Waals surface area contributed by atoms with Gasteiger partial charge in [-0.2, -0.15) is 0 Å². The predicted octanol–water partition coefficient (Wildman–Crippen LogP) is 5.79. The van der Waals surface area contributed by atoms with Crippen molar-refractivity contribution >= 4 is 23.4 Å². The molecule has 0 aliphatic carbocycles. The van der Waals surface area contributed by atoms with Gasteiger partial charge in [0.1, 0.15) is 11.9 Å². The van der Waals surface area contributed by atoms with Gasteiger partial charge in [-0.1, -0.05) is 76.3 Å². The Kier molecular flexibility index (Phi) is 11.6. The van der Waals surface area contributed by atoms with Crippen LogP contribution >= 0.6 is 0 Å². The zero-order valence-corrected chi connectivity index (χ0v) is 24.0. The third kappa shape index (κ3) is 8.66. The number of aromatic nitrogens is 3. The monoisotopic (exact) mass is 556 g/mol. The van der Waals surface area contributed by atoms with E-state index >= 15 is 4.39 Å². The number of amides is 2. The largest absolute Gasteiger partial charge is 0.442 e. The van der Waals surface area contributed by atoms with Crippen LogP contribution in [0.3, 0.4) is 0 Å². The molecule has 1 aromatic carbocycles. The maximum absolute atomic E-state index is 15.1. The molecule has 0 saturated carbocycles. The van der Waals surface area contributed by atoms with Crippen molar-refractivity contribution in [3.63, 3.8) is 0 Å². The molecule has 2 fully saturated rings. The van der Waals surface area contributed by atoms with E-state index in [4.69, 9.17) is 4.74 Å². The third-order valence-electron chi connectivity index (χ3n) is 7.95. The number of carbonyl (C=O) groups excluding carboxylic acids is 2. The molecule has 0 radical (unpaired) electrons. The summed E-state index contributed by atoms with van der Waals surface area (Å²) < 4.78 is 22.2. The molecule has 10 heteroatoms. The smallest absolute Gasteiger partial charge is 0.414 e. The average molecular weight is 557 g/mol. The van der Waals surface area contributed by atoms with Gasteiger partial charge >= 0.3 is 6.09 Å². The van der Waals surface area contributed by atoms with Gasteiger partial charge in [-0.3, -0.25) is 9.69 Å². The van der Waals surface area contributed by atoms with Crippen LogP contribution in [0.1, 0.15) is 84.0 Å². The number of rotatable bonds is 16. The van der Waals surface area contributed by atoms with Crippen molar-refractivity contribution in [1.29, 1.82) is 0 Å². The quantitative estimate of drug-likeness (QED) is 0.243. The van der Waals surface area contributed by atoms with Gasteiger partial charge in [-0.05, 0) is 24.6 Å². The van der Waals surface area contributed by atoms with Gasteiger partial charge in [0.05, 0.1) is 30.7 Å². The molecule has 0 bridgehead atoms. The molecule has 220 valence electrons. The van der Waals surface area contributed by atoms with E-state index in [-0.39, 0.29) is 17.8 Å². The minimum Gasteiger partial charge on any atom is -0.442 e. The summed E-state index contributed by atoms with van der Waals surface area (Å²) in [4.78, 5) is 30.4. The standard InChI is InChI=1S/C30H45FN6O3/c1-2-3-4-5-6-7-8-9-10-11-12-13-29(38)35-20-18-34(19-21-35)28-15-14-25(22-27(28)31)37-24-26(40-30(37)39)23-36-17-16-32-33-36/h14-17,22,26H,2-13,18-21,23-24H2,1H3/t26-/m0/s1. The highest BCUT2D eigenvalue weighted by molar-refractivity contribution is 5.90. The minimum absolute atomic E-state index is 0.208. The Morgan fingerprint density at radius 3 is 2.27 bits per heavy atom. The van der Waals surface area contributed by atoms with E-state index in [2.05, 4.69) is 17.2 Å². The molecule has 4 rings (SSSR count). The number of benzene rings is 1. The Labute approximate surface area is 237 Å². The fourth-order valence-corrected chi connectivity index (χ4v) is 5.58. The molecule has 2 saturated heterocycles. The summed E-state index contributed by atoms with van der Waals surface area (Å²) in [6, 6.07) is 4.85. The van der Waals surface area contributed by atoms with Gasteiger partial charge in [-0.15, -0.1) is 5.10 Å². The van der Waals surface area contributed by atoms with Crippen molar-refractivity contribution in [3.05, 3.63) is 36.4 Å². The number of halogens is 1. The summed E-state index contributed by atoms with van der Waals surface area (Å²) in [7, 11) is 0. The van der Waals surface area contributed by atoms with E-state index in [0.717, 1.165) is 12.8 Å². The lowest BCUT2D eigenvalue weighted by Crippen LogP contribution is -2.49. The first-order chi connectivity index (χ1) is 19.5. The molecule has 9 nitrogen and oxygen atoms in total. The molecule has 0 spiro atoms. The van der Waals surface area contributed by atoms with Crippen molar-refractivity contribution in [2.45, 2.75) is 96.6 Å². The molecule has 3 heterocycles. The Morgan fingerprint density at radius 1 is 0.975 bits per heavy atom. The highest BCUT2D eigenvalue weighted by atomic mass is 19.1. The van der Waals surface area contributed by atoms with Crippen molar-refractivity contribution in [3.8, 4) is 0 Å². The number of piperazine rings is 1. The van der Waals surface area contributed by atoms with Crippen LogP contribution < -0.4 is 9.80 Å². The summed E-state index contributed by atoms with van der Waals surface area (Å²) in [6.07, 6.45) is 17.0. The van der Waals surface area contributed by atoms with Gasteiger partial charge in [0.25, 0.3) is 0 Å². The molecule has 2 amide bonds. The SMILES string of the molecule is CCCCCCCCCCCCCC(=O)N1CCN(c2ccc(N3C[C@H](Cn4ccnn4)OC3=O)cc2F)CC1. The van der Waals surface area contributed by atoms with Crippen LogP contribution in [0.15, 0.2) is 30.6 Å². The van der Waals surface area contributed by atoms with Crippen LogP contribution in [-0.2, 0) is 16.1 Å². The Bertz CT molecular complexity index is 1060. The first kappa shape index (κ1) is 29.8. The van der Waals surface area contributed by atoms with E-state index in [1.165, 1.54) is 68.8 Å². The van der Waals surface area contributed by atoms with Crippen molar-refractivity contribution < 1.29 is 18.7 Å². The van der Waals surface area contributed by atoms with E-state index in [1.807, 2.05) is 9.80 Å². The van der Waals surface area contributed by atoms with Gasteiger partial charge in [-0.25, -0.2) is 13.9 Å². The van der Waals surface area contributed by atoms with E-state index in [1.54, 1.807) is 29.2 Å². The Hall–Kier alpha value is -3.17. The number of ether oxygens (including phenoxy) is 1. The molecule has 2 aliphatic heterocycles. The highest BCUT2D eigenvalue weighted by Gasteiger charge is 2.33. The lowest BCUT2D eigenvalue weighted by atomic mass is 10.1. The highest BCUT2D eigenvalue weighted by Crippen LogP contribution is 2.29. The molecule has 0 N–H and O–H groups in total. The fraction of sp³-hybridized carbons (Fsp3) is 0.667. The normalized spacial score (nSPS) is 17.5. The zero-order chi connectivity index (χ0) is 28.2. The molecular weight excluding hydrogens is 511 g/mol. The molecule has 1 atom stereocenters. The van der Waals surface area contributed by atoms with Crippen molar-refractivity contribution in [2.75, 3.05) is 42.5 Å². The molecule has 40 heavy (non-hydrogen) atoms. The maximum atomic E-state index is 15.1. The van der Waals surface area contributed by atoms with E-state index < -0.39 is 6.09 Å². The molecule has 2 aliphatic rings. The molecule has 1 aromatic heterocycles. The van der Waals surface area contributed by atoms with Gasteiger partial charge in [0, 0.05) is 38.8 Å². The van der Waals surface area contributed by atoms with Crippen LogP contribution in [0.4, 0.5) is 20.6 Å². The summed E-state index contributed by atoms with van der Waals surface area (Å²) in [5, 5.41) is 7.66. The maximum Gasteiger partial charge on any atom is 0.414 e. The first-order valence-corrected chi connectivity index (χ1v) is 15.2. The topological polar surface area (TPSA) is 83.8 Å². The van der Waals surface area contributed by atoms with Gasteiger partial charge in [0.15, 0.2) is 0 Å². The molecule has 0 unspecified atom stereocenters. The van der Waals surface area contributed by atoms with Crippen molar-refractivity contribution in [1.82, 2.24) is 19.9 Å². The van der Waals surface area contributed by atoms with Crippen molar-refractivity contribution in [2.24, 2.45) is 0 Å². The number of anilines is 2.